The Labute approximate surface area is 143 Å². The lowest BCUT2D eigenvalue weighted by Gasteiger charge is -2.33. The summed E-state index contributed by atoms with van der Waals surface area (Å²) < 4.78 is 5.43. The summed E-state index contributed by atoms with van der Waals surface area (Å²) in [4.78, 5) is 25.5. The number of nitrogens with zero attached hydrogens (tertiary/aromatic N) is 1. The van der Waals surface area contributed by atoms with Crippen molar-refractivity contribution < 1.29 is 19.4 Å². The number of ether oxygens (including phenoxy) is 1. The van der Waals surface area contributed by atoms with Gasteiger partial charge in [0.25, 0.3) is 0 Å². The van der Waals surface area contributed by atoms with Crippen molar-refractivity contribution in [2.45, 2.75) is 50.9 Å². The molecule has 1 fully saturated rings. The summed E-state index contributed by atoms with van der Waals surface area (Å²) in [6.07, 6.45) is 4.30. The lowest BCUT2D eigenvalue weighted by Crippen LogP contribution is -2.44. The minimum absolute atomic E-state index is 0.0863. The first-order chi connectivity index (χ1) is 11.4. The minimum Gasteiger partial charge on any atom is -0.496 e. The molecule has 0 radical (unpaired) electrons. The van der Waals surface area contributed by atoms with E-state index in [-0.39, 0.29) is 12.3 Å². The predicted molar refractivity (Wildman–Crippen MR) is 92.4 cm³/mol. The van der Waals surface area contributed by atoms with Crippen LogP contribution in [0.3, 0.4) is 0 Å². The molecule has 0 atom stereocenters. The number of aliphatic carboxylic acids is 1. The molecule has 1 N–H and O–H groups in total. The summed E-state index contributed by atoms with van der Waals surface area (Å²) >= 11 is 0. The van der Waals surface area contributed by atoms with Crippen LogP contribution in [-0.2, 0) is 15.0 Å². The molecule has 1 aromatic rings. The number of hydrogen-bond donors (Lipinski definition) is 1. The van der Waals surface area contributed by atoms with E-state index >= 15 is 0 Å². The zero-order valence-corrected chi connectivity index (χ0v) is 14.8. The van der Waals surface area contributed by atoms with E-state index in [1.807, 2.05) is 25.1 Å². The lowest BCUT2D eigenvalue weighted by molar-refractivity contribution is -0.139. The van der Waals surface area contributed by atoms with Gasteiger partial charge >= 0.3 is 5.97 Å². The molecular weight excluding hydrogens is 306 g/mol. The van der Waals surface area contributed by atoms with Crippen molar-refractivity contribution in [3.05, 3.63) is 29.3 Å². The summed E-state index contributed by atoms with van der Waals surface area (Å²) in [6.45, 7) is 2.46. The third kappa shape index (κ3) is 3.71. The molecular formula is C19H27NO4. The first kappa shape index (κ1) is 18.3. The van der Waals surface area contributed by atoms with Crippen LogP contribution in [0.4, 0.5) is 0 Å². The molecule has 24 heavy (non-hydrogen) atoms. The largest absolute Gasteiger partial charge is 0.496 e. The van der Waals surface area contributed by atoms with Gasteiger partial charge in [0.05, 0.1) is 12.5 Å². The summed E-state index contributed by atoms with van der Waals surface area (Å²) in [5.74, 6) is 0.0751. The normalized spacial score (nSPS) is 16.0. The van der Waals surface area contributed by atoms with E-state index in [9.17, 15) is 9.59 Å². The second-order valence-electron chi connectivity index (χ2n) is 6.70. The summed E-state index contributed by atoms with van der Waals surface area (Å²) in [6, 6.07) is 6.03. The molecule has 1 saturated carbocycles. The number of aryl methyl sites for hydroxylation is 1. The van der Waals surface area contributed by atoms with Crippen LogP contribution in [0.15, 0.2) is 18.2 Å². The second-order valence-corrected chi connectivity index (χ2v) is 6.70. The number of carbonyl (C=O) groups excluding carboxylic acids is 1. The summed E-state index contributed by atoms with van der Waals surface area (Å²) in [5.41, 5.74) is 1.56. The Morgan fingerprint density at radius 2 is 1.96 bits per heavy atom. The van der Waals surface area contributed by atoms with Crippen LogP contribution in [-0.4, -0.2) is 42.6 Å². The van der Waals surface area contributed by atoms with Gasteiger partial charge < -0.3 is 14.7 Å². The van der Waals surface area contributed by atoms with Crippen molar-refractivity contribution in [3.8, 4) is 5.75 Å². The van der Waals surface area contributed by atoms with Gasteiger partial charge in [-0.15, -0.1) is 0 Å². The highest BCUT2D eigenvalue weighted by Crippen LogP contribution is 2.43. The fourth-order valence-corrected chi connectivity index (χ4v) is 3.66. The lowest BCUT2D eigenvalue weighted by atomic mass is 9.77. The number of methoxy groups -OCH3 is 1. The van der Waals surface area contributed by atoms with Crippen molar-refractivity contribution >= 4 is 11.9 Å². The SMILES string of the molecule is COc1cc(C2(C(=O)N(C)CCCC(=O)O)CCCC2)ccc1C. The number of carboxylic acids is 1. The molecule has 0 aromatic heterocycles. The molecule has 1 aromatic carbocycles. The average molecular weight is 333 g/mol. The average Bonchev–Trinajstić information content (AvgIpc) is 3.05. The molecule has 5 heteroatoms. The van der Waals surface area contributed by atoms with Crippen molar-refractivity contribution in [2.24, 2.45) is 0 Å². The molecule has 0 saturated heterocycles. The molecule has 0 aliphatic heterocycles. The van der Waals surface area contributed by atoms with Crippen LogP contribution in [0.25, 0.3) is 0 Å². The van der Waals surface area contributed by atoms with Gasteiger partial charge in [-0.3, -0.25) is 9.59 Å². The maximum Gasteiger partial charge on any atom is 0.303 e. The predicted octanol–water partition coefficient (Wildman–Crippen LogP) is 3.14. The van der Waals surface area contributed by atoms with Crippen LogP contribution in [0.2, 0.25) is 0 Å². The molecule has 0 spiro atoms. The second kappa shape index (κ2) is 7.69. The molecule has 1 aliphatic rings. The molecule has 2 rings (SSSR count). The van der Waals surface area contributed by atoms with Crippen molar-refractivity contribution in [2.75, 3.05) is 20.7 Å². The molecule has 0 unspecified atom stereocenters. The highest BCUT2D eigenvalue weighted by atomic mass is 16.5. The Hall–Kier alpha value is -2.04. The van der Waals surface area contributed by atoms with Gasteiger partial charge in [0, 0.05) is 20.0 Å². The van der Waals surface area contributed by atoms with E-state index in [4.69, 9.17) is 9.84 Å². The summed E-state index contributed by atoms with van der Waals surface area (Å²) in [5, 5.41) is 8.77. The van der Waals surface area contributed by atoms with Crippen LogP contribution in [0.1, 0.15) is 49.7 Å². The van der Waals surface area contributed by atoms with Crippen LogP contribution < -0.4 is 4.74 Å². The Morgan fingerprint density at radius 1 is 1.29 bits per heavy atom. The maximum absolute atomic E-state index is 13.2. The number of carbonyl (C=O) groups is 2. The maximum atomic E-state index is 13.2. The molecule has 132 valence electrons. The standard InChI is InChI=1S/C19H27NO4/c1-14-8-9-15(13-16(14)24-3)19(10-4-5-11-19)18(23)20(2)12-6-7-17(21)22/h8-9,13H,4-7,10-12H2,1-3H3,(H,21,22). The van der Waals surface area contributed by atoms with Gasteiger partial charge in [-0.05, 0) is 43.4 Å². The Bertz CT molecular complexity index is 605. The highest BCUT2D eigenvalue weighted by molar-refractivity contribution is 5.88. The third-order valence-corrected chi connectivity index (χ3v) is 5.06. The Morgan fingerprint density at radius 3 is 2.54 bits per heavy atom. The smallest absolute Gasteiger partial charge is 0.303 e. The van der Waals surface area contributed by atoms with E-state index in [2.05, 4.69) is 0 Å². The van der Waals surface area contributed by atoms with Crippen LogP contribution >= 0.6 is 0 Å². The van der Waals surface area contributed by atoms with Gasteiger partial charge in [0.1, 0.15) is 5.75 Å². The van der Waals surface area contributed by atoms with E-state index in [0.717, 1.165) is 42.6 Å². The van der Waals surface area contributed by atoms with Crippen LogP contribution in [0, 0.1) is 6.92 Å². The van der Waals surface area contributed by atoms with E-state index in [0.29, 0.717) is 13.0 Å². The molecule has 1 aliphatic carbocycles. The fourth-order valence-electron chi connectivity index (χ4n) is 3.66. The van der Waals surface area contributed by atoms with Crippen molar-refractivity contribution in [3.63, 3.8) is 0 Å². The molecule has 0 heterocycles. The Balaban J connectivity index is 2.23. The first-order valence-electron chi connectivity index (χ1n) is 8.53. The zero-order valence-electron chi connectivity index (χ0n) is 14.8. The molecule has 0 bridgehead atoms. The van der Waals surface area contributed by atoms with E-state index < -0.39 is 11.4 Å². The molecule has 1 amide bonds. The monoisotopic (exact) mass is 333 g/mol. The topological polar surface area (TPSA) is 66.8 Å². The number of benzene rings is 1. The van der Waals surface area contributed by atoms with Crippen molar-refractivity contribution in [1.29, 1.82) is 0 Å². The number of hydrogen-bond acceptors (Lipinski definition) is 3. The minimum atomic E-state index is -0.824. The number of likely N-dealkylation sites (N-methyl/N-ethyl adjacent to an activating group) is 1. The van der Waals surface area contributed by atoms with Gasteiger partial charge in [0.2, 0.25) is 5.91 Å². The van der Waals surface area contributed by atoms with Gasteiger partial charge in [0.15, 0.2) is 0 Å². The van der Waals surface area contributed by atoms with Crippen molar-refractivity contribution in [1.82, 2.24) is 4.90 Å². The first-order valence-corrected chi connectivity index (χ1v) is 8.53. The third-order valence-electron chi connectivity index (χ3n) is 5.06. The number of amides is 1. The highest BCUT2D eigenvalue weighted by Gasteiger charge is 2.44. The number of carboxylic acid groups (broad SMARTS) is 1. The molecule has 5 nitrogen and oxygen atoms in total. The fraction of sp³-hybridized carbons (Fsp3) is 0.579. The van der Waals surface area contributed by atoms with Gasteiger partial charge in [-0.2, -0.15) is 0 Å². The van der Waals surface area contributed by atoms with Crippen LogP contribution in [0.5, 0.6) is 5.75 Å². The Kier molecular flexibility index (Phi) is 5.86. The van der Waals surface area contributed by atoms with Gasteiger partial charge in [-0.1, -0.05) is 25.0 Å². The van der Waals surface area contributed by atoms with E-state index in [1.165, 1.54) is 0 Å². The van der Waals surface area contributed by atoms with Gasteiger partial charge in [-0.25, -0.2) is 0 Å². The number of rotatable bonds is 7. The zero-order chi connectivity index (χ0) is 17.7. The van der Waals surface area contributed by atoms with E-state index in [1.54, 1.807) is 19.1 Å². The summed E-state index contributed by atoms with van der Waals surface area (Å²) in [7, 11) is 3.42. The quantitative estimate of drug-likeness (QED) is 0.832.